The van der Waals surface area contributed by atoms with Gasteiger partial charge in [0.1, 0.15) is 0 Å². The van der Waals surface area contributed by atoms with E-state index in [2.05, 4.69) is 32.2 Å². The molecule has 4 rings (SSSR count). The van der Waals surface area contributed by atoms with Crippen LogP contribution in [0.25, 0.3) is 0 Å². The highest BCUT2D eigenvalue weighted by Gasteiger charge is 2.50. The highest BCUT2D eigenvalue weighted by atomic mass is 16.5. The molecule has 0 aromatic heterocycles. The van der Waals surface area contributed by atoms with E-state index in [1.54, 1.807) is 11.0 Å². The number of hydrogen-bond acceptors (Lipinski definition) is 3. The quantitative estimate of drug-likeness (QED) is 0.725. The largest absolute Gasteiger partial charge is 0.504 e. The molecule has 1 fully saturated rings. The summed E-state index contributed by atoms with van der Waals surface area (Å²) in [6, 6.07) is 9.48. The number of carbonyl (C=O) groups excluding carboxylic acids is 1. The van der Waals surface area contributed by atoms with Crippen LogP contribution in [0.3, 0.4) is 0 Å². The number of nitrogens with one attached hydrogen (secondary N) is 1. The average molecular weight is 380 g/mol. The molecule has 148 valence electrons. The van der Waals surface area contributed by atoms with Crippen LogP contribution >= 0.6 is 0 Å². The van der Waals surface area contributed by atoms with E-state index in [0.29, 0.717) is 12.2 Å². The maximum atomic E-state index is 13.1. The van der Waals surface area contributed by atoms with E-state index >= 15 is 0 Å². The number of rotatable bonds is 1. The summed E-state index contributed by atoms with van der Waals surface area (Å²) in [7, 11) is 0. The number of benzene rings is 2. The number of aromatic hydroxyl groups is 1. The lowest BCUT2D eigenvalue weighted by Gasteiger charge is -2.51. The van der Waals surface area contributed by atoms with Gasteiger partial charge in [-0.1, -0.05) is 26.8 Å². The summed E-state index contributed by atoms with van der Waals surface area (Å²) in [5.74, 6) is 0.580. The zero-order valence-electron chi connectivity index (χ0n) is 17.4. The number of phenols is 1. The summed E-state index contributed by atoms with van der Waals surface area (Å²) in [6.45, 7) is 12.2. The smallest absolute Gasteiger partial charge is 0.325 e. The fourth-order valence-corrected chi connectivity index (χ4v) is 4.35. The van der Waals surface area contributed by atoms with Crippen LogP contribution in [-0.4, -0.2) is 16.9 Å². The fraction of sp³-hybridized carbons (Fsp3) is 0.435. The van der Waals surface area contributed by atoms with Gasteiger partial charge in [0.2, 0.25) is 0 Å². The molecule has 28 heavy (non-hydrogen) atoms. The van der Waals surface area contributed by atoms with Gasteiger partial charge in [-0.25, -0.2) is 4.79 Å². The standard InChI is InChI=1S/C23H28N2O3/c1-13-7-14(2)9-16(8-13)25-21(27)24-18-12-23(25,6)28-20-17(18)10-15(11-19(20)26)22(3,4)5/h7-11,18,26H,12H2,1-6H3,(H,24,27). The third kappa shape index (κ3) is 2.89. The summed E-state index contributed by atoms with van der Waals surface area (Å²) in [5.41, 5.74) is 3.84. The Hall–Kier alpha value is -2.69. The van der Waals surface area contributed by atoms with E-state index in [-0.39, 0.29) is 23.2 Å². The first-order valence-corrected chi connectivity index (χ1v) is 9.73. The van der Waals surface area contributed by atoms with Crippen molar-refractivity contribution in [2.45, 2.75) is 65.1 Å². The molecule has 1 saturated heterocycles. The molecule has 2 atom stereocenters. The molecule has 0 radical (unpaired) electrons. The molecule has 2 bridgehead atoms. The van der Waals surface area contributed by atoms with Crippen molar-refractivity contribution in [1.82, 2.24) is 5.32 Å². The maximum Gasteiger partial charge on any atom is 0.325 e. The second kappa shape index (κ2) is 5.90. The predicted molar refractivity (Wildman–Crippen MR) is 110 cm³/mol. The van der Waals surface area contributed by atoms with Gasteiger partial charge < -0.3 is 15.2 Å². The van der Waals surface area contributed by atoms with Crippen LogP contribution in [0.1, 0.15) is 62.4 Å². The molecule has 2 aromatic carbocycles. The fourth-order valence-electron chi connectivity index (χ4n) is 4.35. The molecule has 0 spiro atoms. The lowest BCUT2D eigenvalue weighted by Crippen LogP contribution is -2.65. The van der Waals surface area contributed by atoms with Crippen LogP contribution in [-0.2, 0) is 5.41 Å². The Morgan fingerprint density at radius 3 is 2.39 bits per heavy atom. The van der Waals surface area contributed by atoms with E-state index in [1.165, 1.54) is 0 Å². The first kappa shape index (κ1) is 18.7. The summed E-state index contributed by atoms with van der Waals surface area (Å²) in [6.07, 6.45) is 0.603. The Balaban J connectivity index is 1.82. The minimum absolute atomic E-state index is 0.114. The second-order valence-electron chi connectivity index (χ2n) is 9.33. The third-order valence-corrected chi connectivity index (χ3v) is 5.68. The molecule has 2 aliphatic rings. The molecule has 5 heteroatoms. The Kier molecular flexibility index (Phi) is 3.93. The van der Waals surface area contributed by atoms with Crippen molar-refractivity contribution in [2.24, 2.45) is 0 Å². The number of carbonyl (C=O) groups is 1. The molecule has 2 aromatic rings. The molecule has 2 N–H and O–H groups in total. The molecule has 0 saturated carbocycles. The summed E-state index contributed by atoms with van der Waals surface area (Å²) < 4.78 is 6.32. The van der Waals surface area contributed by atoms with Crippen molar-refractivity contribution in [3.8, 4) is 11.5 Å². The summed E-state index contributed by atoms with van der Waals surface area (Å²) in [5, 5.41) is 13.8. The molecule has 2 heterocycles. The van der Waals surface area contributed by atoms with Gasteiger partial charge in [-0.15, -0.1) is 0 Å². The minimum atomic E-state index is -0.874. The Bertz CT molecular complexity index is 956. The molecule has 5 nitrogen and oxygen atoms in total. The van der Waals surface area contributed by atoms with E-state index < -0.39 is 5.72 Å². The van der Waals surface area contributed by atoms with Crippen molar-refractivity contribution in [1.29, 1.82) is 0 Å². The van der Waals surface area contributed by atoms with E-state index in [4.69, 9.17) is 4.74 Å². The highest BCUT2D eigenvalue weighted by molar-refractivity contribution is 5.95. The summed E-state index contributed by atoms with van der Waals surface area (Å²) in [4.78, 5) is 14.8. The van der Waals surface area contributed by atoms with Crippen molar-refractivity contribution in [3.05, 3.63) is 52.6 Å². The first-order chi connectivity index (χ1) is 13.0. The number of nitrogens with zero attached hydrogens (tertiary/aromatic N) is 1. The van der Waals surface area contributed by atoms with Crippen LogP contribution in [0.2, 0.25) is 0 Å². The number of hydrogen-bond donors (Lipinski definition) is 2. The molecule has 2 amide bonds. The van der Waals surface area contributed by atoms with Crippen LogP contribution < -0.4 is 15.0 Å². The Labute approximate surface area is 166 Å². The average Bonchev–Trinajstić information content (AvgIpc) is 2.53. The molecule has 0 aliphatic carbocycles. The zero-order valence-corrected chi connectivity index (χ0v) is 17.4. The van der Waals surface area contributed by atoms with Crippen molar-refractivity contribution in [2.75, 3.05) is 4.90 Å². The van der Waals surface area contributed by atoms with Crippen LogP contribution in [0, 0.1) is 13.8 Å². The zero-order chi connectivity index (χ0) is 20.4. The number of urea groups is 1. The Morgan fingerprint density at radius 2 is 1.79 bits per heavy atom. The highest BCUT2D eigenvalue weighted by Crippen LogP contribution is 2.50. The van der Waals surface area contributed by atoms with Crippen molar-refractivity contribution < 1.29 is 14.6 Å². The second-order valence-corrected chi connectivity index (χ2v) is 9.33. The van der Waals surface area contributed by atoms with E-state index in [9.17, 15) is 9.90 Å². The topological polar surface area (TPSA) is 61.8 Å². The van der Waals surface area contributed by atoms with Crippen LogP contribution in [0.15, 0.2) is 30.3 Å². The monoisotopic (exact) mass is 380 g/mol. The summed E-state index contributed by atoms with van der Waals surface area (Å²) >= 11 is 0. The predicted octanol–water partition coefficient (Wildman–Crippen LogP) is 5.08. The molecule has 2 unspecified atom stereocenters. The minimum Gasteiger partial charge on any atom is -0.504 e. The molecule has 2 aliphatic heterocycles. The number of amides is 2. The number of phenolic OH excluding ortho intramolecular Hbond substituents is 1. The van der Waals surface area contributed by atoms with Crippen LogP contribution in [0.4, 0.5) is 10.5 Å². The number of ether oxygens (including phenoxy) is 1. The van der Waals surface area contributed by atoms with Gasteiger partial charge in [-0.05, 0) is 67.1 Å². The lowest BCUT2D eigenvalue weighted by atomic mass is 9.82. The van der Waals surface area contributed by atoms with Crippen molar-refractivity contribution in [3.63, 3.8) is 0 Å². The van der Waals surface area contributed by atoms with E-state index in [0.717, 1.165) is 27.9 Å². The molecular formula is C23H28N2O3. The van der Waals surface area contributed by atoms with Gasteiger partial charge >= 0.3 is 6.03 Å². The van der Waals surface area contributed by atoms with Gasteiger partial charge in [0.15, 0.2) is 17.2 Å². The van der Waals surface area contributed by atoms with Gasteiger partial charge in [-0.2, -0.15) is 0 Å². The van der Waals surface area contributed by atoms with Crippen LogP contribution in [0.5, 0.6) is 11.5 Å². The number of aryl methyl sites for hydroxylation is 2. The van der Waals surface area contributed by atoms with Gasteiger partial charge in [-0.3, -0.25) is 4.90 Å². The normalized spacial score (nSPS) is 23.7. The third-order valence-electron chi connectivity index (χ3n) is 5.68. The number of anilines is 1. The SMILES string of the molecule is Cc1cc(C)cc(N2C(=O)NC3CC2(C)Oc2c(O)cc(C(C)(C)C)cc23)c1. The maximum absolute atomic E-state index is 13.1. The number of fused-ring (bicyclic) bond motifs is 4. The molecular weight excluding hydrogens is 352 g/mol. The van der Waals surface area contributed by atoms with Crippen molar-refractivity contribution >= 4 is 11.7 Å². The van der Waals surface area contributed by atoms with Gasteiger partial charge in [0.05, 0.1) is 6.04 Å². The first-order valence-electron chi connectivity index (χ1n) is 9.73. The Morgan fingerprint density at radius 1 is 1.14 bits per heavy atom. The van der Waals surface area contributed by atoms with Gasteiger partial charge in [0, 0.05) is 17.7 Å². The van der Waals surface area contributed by atoms with E-state index in [1.807, 2.05) is 39.0 Å². The van der Waals surface area contributed by atoms with Gasteiger partial charge in [0.25, 0.3) is 0 Å². The lowest BCUT2D eigenvalue weighted by molar-refractivity contribution is 0.0348.